The maximum atomic E-state index is 6.52. The van der Waals surface area contributed by atoms with E-state index < -0.39 is 0 Å². The largest absolute Gasteiger partial charge is 0.497 e. The normalized spacial score (nSPS) is 23.0. The lowest BCUT2D eigenvalue weighted by Gasteiger charge is -2.45. The van der Waals surface area contributed by atoms with Gasteiger partial charge in [0.05, 0.1) is 18.9 Å². The summed E-state index contributed by atoms with van der Waals surface area (Å²) >= 11 is 0. The summed E-state index contributed by atoms with van der Waals surface area (Å²) in [5.74, 6) is 1.91. The van der Waals surface area contributed by atoms with Crippen molar-refractivity contribution in [1.82, 2.24) is 5.01 Å². The van der Waals surface area contributed by atoms with Crippen molar-refractivity contribution in [1.29, 1.82) is 0 Å². The SMILES string of the molecule is COc1cccc(C2=NN3[C@H](C2)c2ccccc2OC32CCCC2)c1. The summed E-state index contributed by atoms with van der Waals surface area (Å²) in [6.07, 6.45) is 5.42. The Bertz CT molecular complexity index is 839. The first-order valence-electron chi connectivity index (χ1n) is 9.08. The van der Waals surface area contributed by atoms with E-state index in [4.69, 9.17) is 14.6 Å². The summed E-state index contributed by atoms with van der Waals surface area (Å²) in [6.45, 7) is 0. The molecule has 1 aliphatic carbocycles. The zero-order valence-corrected chi connectivity index (χ0v) is 14.4. The van der Waals surface area contributed by atoms with Gasteiger partial charge in [0, 0.05) is 30.4 Å². The number of hydrazone groups is 1. The molecule has 2 aliphatic heterocycles. The Labute approximate surface area is 148 Å². The van der Waals surface area contributed by atoms with Gasteiger partial charge in [0.15, 0.2) is 5.72 Å². The molecule has 5 rings (SSSR count). The van der Waals surface area contributed by atoms with E-state index in [0.717, 1.165) is 42.0 Å². The lowest BCUT2D eigenvalue weighted by atomic mass is 9.94. The molecule has 2 aromatic rings. The second kappa shape index (κ2) is 5.51. The van der Waals surface area contributed by atoms with Crippen molar-refractivity contribution in [3.05, 3.63) is 59.7 Å². The first-order valence-corrected chi connectivity index (χ1v) is 9.08. The van der Waals surface area contributed by atoms with Crippen LogP contribution in [0.25, 0.3) is 0 Å². The van der Waals surface area contributed by atoms with E-state index in [0.29, 0.717) is 0 Å². The third kappa shape index (κ3) is 2.24. The van der Waals surface area contributed by atoms with Crippen LogP contribution in [0.3, 0.4) is 0 Å². The Hall–Kier alpha value is -2.49. The van der Waals surface area contributed by atoms with Crippen molar-refractivity contribution in [3.8, 4) is 11.5 Å². The summed E-state index contributed by atoms with van der Waals surface area (Å²) in [5, 5.41) is 7.32. The number of hydrogen-bond donors (Lipinski definition) is 0. The molecule has 0 unspecified atom stereocenters. The number of hydrogen-bond acceptors (Lipinski definition) is 4. The molecule has 1 saturated carbocycles. The Balaban J connectivity index is 1.59. The lowest BCUT2D eigenvalue weighted by Crippen LogP contribution is -2.51. The molecule has 0 amide bonds. The molecule has 0 N–H and O–H groups in total. The zero-order chi connectivity index (χ0) is 16.9. The van der Waals surface area contributed by atoms with Crippen molar-refractivity contribution in [2.24, 2.45) is 5.10 Å². The topological polar surface area (TPSA) is 34.1 Å². The third-order valence-electron chi connectivity index (χ3n) is 5.69. The summed E-state index contributed by atoms with van der Waals surface area (Å²) in [5.41, 5.74) is 3.25. The van der Waals surface area contributed by atoms with Gasteiger partial charge in [-0.25, -0.2) is 5.01 Å². The summed E-state index contributed by atoms with van der Waals surface area (Å²) in [6, 6.07) is 16.9. The predicted molar refractivity (Wildman–Crippen MR) is 97.0 cm³/mol. The van der Waals surface area contributed by atoms with Crippen LogP contribution in [0.2, 0.25) is 0 Å². The average Bonchev–Trinajstić information content (AvgIpc) is 3.30. The van der Waals surface area contributed by atoms with Crippen LogP contribution in [0.1, 0.15) is 49.3 Å². The quantitative estimate of drug-likeness (QED) is 0.810. The smallest absolute Gasteiger partial charge is 0.198 e. The van der Waals surface area contributed by atoms with Crippen LogP contribution in [0.15, 0.2) is 53.6 Å². The van der Waals surface area contributed by atoms with Crippen LogP contribution in [-0.4, -0.2) is 23.6 Å². The third-order valence-corrected chi connectivity index (χ3v) is 5.69. The molecule has 1 fully saturated rings. The van der Waals surface area contributed by atoms with Crippen LogP contribution in [-0.2, 0) is 0 Å². The van der Waals surface area contributed by atoms with E-state index in [-0.39, 0.29) is 11.8 Å². The second-order valence-corrected chi connectivity index (χ2v) is 7.14. The Morgan fingerprint density at radius 1 is 1.12 bits per heavy atom. The molecule has 0 radical (unpaired) electrons. The number of benzene rings is 2. The maximum Gasteiger partial charge on any atom is 0.198 e. The molecule has 2 heterocycles. The highest BCUT2D eigenvalue weighted by molar-refractivity contribution is 6.02. The molecule has 25 heavy (non-hydrogen) atoms. The van der Waals surface area contributed by atoms with Gasteiger partial charge in [-0.1, -0.05) is 30.3 Å². The van der Waals surface area contributed by atoms with Crippen LogP contribution >= 0.6 is 0 Å². The Morgan fingerprint density at radius 2 is 1.96 bits per heavy atom. The van der Waals surface area contributed by atoms with Crippen molar-refractivity contribution < 1.29 is 9.47 Å². The predicted octanol–water partition coefficient (Wildman–Crippen LogP) is 4.51. The van der Waals surface area contributed by atoms with E-state index >= 15 is 0 Å². The van der Waals surface area contributed by atoms with E-state index in [9.17, 15) is 0 Å². The van der Waals surface area contributed by atoms with Gasteiger partial charge < -0.3 is 9.47 Å². The summed E-state index contributed by atoms with van der Waals surface area (Å²) in [4.78, 5) is 0. The fourth-order valence-corrected chi connectivity index (χ4v) is 4.46. The highest BCUT2D eigenvalue weighted by atomic mass is 16.5. The second-order valence-electron chi connectivity index (χ2n) is 7.14. The molecule has 0 saturated heterocycles. The number of ether oxygens (including phenoxy) is 2. The molecule has 4 nitrogen and oxygen atoms in total. The van der Waals surface area contributed by atoms with E-state index in [2.05, 4.69) is 41.4 Å². The average molecular weight is 334 g/mol. The van der Waals surface area contributed by atoms with Crippen molar-refractivity contribution in [2.45, 2.75) is 43.9 Å². The molecule has 4 heteroatoms. The van der Waals surface area contributed by atoms with E-state index in [1.807, 2.05) is 12.1 Å². The first-order chi connectivity index (χ1) is 12.3. The maximum absolute atomic E-state index is 6.52. The molecular formula is C21H22N2O2. The van der Waals surface area contributed by atoms with Crippen LogP contribution < -0.4 is 9.47 Å². The van der Waals surface area contributed by atoms with Crippen LogP contribution in [0.4, 0.5) is 0 Å². The molecule has 1 atom stereocenters. The Morgan fingerprint density at radius 3 is 2.80 bits per heavy atom. The summed E-state index contributed by atoms with van der Waals surface area (Å²) in [7, 11) is 1.70. The van der Waals surface area contributed by atoms with Gasteiger partial charge in [0.25, 0.3) is 0 Å². The van der Waals surface area contributed by atoms with Gasteiger partial charge in [0.1, 0.15) is 11.5 Å². The molecule has 128 valence electrons. The lowest BCUT2D eigenvalue weighted by molar-refractivity contribution is -0.114. The number of fused-ring (bicyclic) bond motifs is 4. The van der Waals surface area contributed by atoms with Crippen molar-refractivity contribution >= 4 is 5.71 Å². The number of nitrogens with zero attached hydrogens (tertiary/aromatic N) is 2. The van der Waals surface area contributed by atoms with Crippen molar-refractivity contribution in [3.63, 3.8) is 0 Å². The summed E-state index contributed by atoms with van der Waals surface area (Å²) < 4.78 is 11.9. The highest BCUT2D eigenvalue weighted by Crippen LogP contribution is 2.51. The molecule has 1 spiro atoms. The molecule has 2 aromatic carbocycles. The Kier molecular flexibility index (Phi) is 3.27. The van der Waals surface area contributed by atoms with Crippen LogP contribution in [0, 0.1) is 0 Å². The molecule has 3 aliphatic rings. The molecule has 0 aromatic heterocycles. The van der Waals surface area contributed by atoms with E-state index in [1.165, 1.54) is 18.4 Å². The number of para-hydroxylation sites is 1. The van der Waals surface area contributed by atoms with Gasteiger partial charge in [-0.3, -0.25) is 0 Å². The highest BCUT2D eigenvalue weighted by Gasteiger charge is 2.51. The van der Waals surface area contributed by atoms with Gasteiger partial charge in [0.2, 0.25) is 0 Å². The van der Waals surface area contributed by atoms with Gasteiger partial charge in [-0.2, -0.15) is 5.10 Å². The first kappa shape index (κ1) is 14.8. The van der Waals surface area contributed by atoms with Gasteiger partial charge in [-0.15, -0.1) is 0 Å². The zero-order valence-electron chi connectivity index (χ0n) is 14.4. The minimum Gasteiger partial charge on any atom is -0.497 e. The van der Waals surface area contributed by atoms with Gasteiger partial charge >= 0.3 is 0 Å². The minimum atomic E-state index is -0.264. The number of methoxy groups -OCH3 is 1. The van der Waals surface area contributed by atoms with Crippen LogP contribution in [0.5, 0.6) is 11.5 Å². The molecule has 0 bridgehead atoms. The fraction of sp³-hybridized carbons (Fsp3) is 0.381. The van der Waals surface area contributed by atoms with E-state index in [1.54, 1.807) is 7.11 Å². The number of rotatable bonds is 2. The van der Waals surface area contributed by atoms with Crippen molar-refractivity contribution in [2.75, 3.05) is 7.11 Å². The van der Waals surface area contributed by atoms with Gasteiger partial charge in [-0.05, 0) is 31.0 Å². The fourth-order valence-electron chi connectivity index (χ4n) is 4.46. The molecular weight excluding hydrogens is 312 g/mol. The minimum absolute atomic E-state index is 0.264. The standard InChI is InChI=1S/C21H22N2O2/c1-24-16-8-6-7-15(13-16)18-14-19-17-9-2-3-10-20(17)25-21(23(19)22-18)11-4-5-12-21/h2-3,6-10,13,19H,4-5,11-12,14H2,1H3/t19-/m1/s1. The monoisotopic (exact) mass is 334 g/mol.